The highest BCUT2D eigenvalue weighted by Crippen LogP contribution is 2.46. The van der Waals surface area contributed by atoms with Gasteiger partial charge in [-0.1, -0.05) is 39.8 Å². The van der Waals surface area contributed by atoms with Gasteiger partial charge in [0.1, 0.15) is 5.76 Å². The fourth-order valence-corrected chi connectivity index (χ4v) is 4.85. The lowest BCUT2D eigenvalue weighted by Crippen LogP contribution is -2.34. The van der Waals surface area contributed by atoms with Crippen LogP contribution in [0.3, 0.4) is 0 Å². The number of hydrogen-bond donors (Lipinski definition) is 2. The Bertz CT molecular complexity index is 958. The van der Waals surface area contributed by atoms with E-state index in [9.17, 15) is 4.79 Å². The number of nitrogens with two attached hydrogens (primary N) is 1. The topological polar surface area (TPSA) is 71.5 Å². The van der Waals surface area contributed by atoms with Crippen LogP contribution in [0.25, 0.3) is 0 Å². The number of nitrogens with one attached hydrogen (secondary N) is 1. The minimum Gasteiger partial charge on any atom is -0.456 e. The molecule has 3 rings (SSSR count). The summed E-state index contributed by atoms with van der Waals surface area (Å²) < 4.78 is 5.94. The maximum atomic E-state index is 12.5. The van der Waals surface area contributed by atoms with Crippen molar-refractivity contribution in [3.05, 3.63) is 58.0 Å². The summed E-state index contributed by atoms with van der Waals surface area (Å²) in [4.78, 5) is 14.8. The monoisotopic (exact) mass is 453 g/mol. The maximum Gasteiger partial charge on any atom is 0.286 e. The van der Waals surface area contributed by atoms with Crippen molar-refractivity contribution in [2.75, 3.05) is 33.2 Å². The Labute approximate surface area is 200 Å². The second kappa shape index (κ2) is 10.4. The van der Waals surface area contributed by atoms with Gasteiger partial charge in [-0.05, 0) is 105 Å². The summed E-state index contributed by atoms with van der Waals surface area (Å²) >= 11 is 0. The van der Waals surface area contributed by atoms with Gasteiger partial charge < -0.3 is 20.4 Å². The number of amides is 1. The van der Waals surface area contributed by atoms with Crippen LogP contribution in [0.4, 0.5) is 0 Å². The molecule has 0 saturated heterocycles. The Morgan fingerprint density at radius 3 is 2.36 bits per heavy atom. The molecule has 1 heterocycles. The van der Waals surface area contributed by atoms with Crippen LogP contribution >= 0.6 is 0 Å². The molecule has 1 aromatic carbocycles. The predicted molar refractivity (Wildman–Crippen MR) is 136 cm³/mol. The Morgan fingerprint density at radius 2 is 1.70 bits per heavy atom. The highest BCUT2D eigenvalue weighted by molar-refractivity contribution is 5.91. The van der Waals surface area contributed by atoms with Crippen molar-refractivity contribution in [2.45, 2.75) is 77.6 Å². The summed E-state index contributed by atoms with van der Waals surface area (Å²) in [5.74, 6) is 1.08. The van der Waals surface area contributed by atoms with E-state index in [1.807, 2.05) is 6.07 Å². The average Bonchev–Trinajstić information content (AvgIpc) is 3.22. The van der Waals surface area contributed by atoms with E-state index in [0.717, 1.165) is 31.7 Å². The summed E-state index contributed by atoms with van der Waals surface area (Å²) in [5, 5.41) is 2.98. The second-order valence-electron chi connectivity index (χ2n) is 11.1. The molecule has 5 nitrogen and oxygen atoms in total. The molecule has 5 heteroatoms. The Kier molecular flexibility index (Phi) is 8.07. The molecule has 33 heavy (non-hydrogen) atoms. The number of carbonyl (C=O) groups is 1. The van der Waals surface area contributed by atoms with Crippen LogP contribution in [-0.4, -0.2) is 44.0 Å². The fourth-order valence-electron chi connectivity index (χ4n) is 4.85. The zero-order chi connectivity index (χ0) is 24.2. The van der Waals surface area contributed by atoms with Crippen molar-refractivity contribution in [1.82, 2.24) is 10.2 Å². The number of hydrogen-bond acceptors (Lipinski definition) is 4. The lowest BCUT2D eigenvalue weighted by molar-refractivity contribution is 0.0922. The van der Waals surface area contributed by atoms with Crippen molar-refractivity contribution >= 4 is 5.91 Å². The molecular formula is C28H43N3O2. The van der Waals surface area contributed by atoms with Gasteiger partial charge in [-0.15, -0.1) is 0 Å². The van der Waals surface area contributed by atoms with Crippen LogP contribution in [0.5, 0.6) is 0 Å². The average molecular weight is 454 g/mol. The third-order valence-corrected chi connectivity index (χ3v) is 7.31. The molecule has 0 fully saturated rings. The Morgan fingerprint density at radius 1 is 1.06 bits per heavy atom. The first-order valence-electron chi connectivity index (χ1n) is 12.4. The smallest absolute Gasteiger partial charge is 0.286 e. The molecule has 3 N–H and O–H groups in total. The lowest BCUT2D eigenvalue weighted by atomic mass is 9.62. The molecule has 0 saturated carbocycles. The third kappa shape index (κ3) is 6.27. The first kappa shape index (κ1) is 25.5. The van der Waals surface area contributed by atoms with Crippen molar-refractivity contribution < 1.29 is 9.21 Å². The second-order valence-corrected chi connectivity index (χ2v) is 11.1. The zero-order valence-electron chi connectivity index (χ0n) is 21.5. The van der Waals surface area contributed by atoms with E-state index in [4.69, 9.17) is 10.2 Å². The molecule has 1 aliphatic rings. The number of nitrogens with zero attached hydrogens (tertiary/aromatic N) is 1. The molecule has 1 aromatic heterocycles. The van der Waals surface area contributed by atoms with Crippen LogP contribution in [0.2, 0.25) is 0 Å². The third-order valence-electron chi connectivity index (χ3n) is 7.31. The van der Waals surface area contributed by atoms with Gasteiger partial charge in [0.2, 0.25) is 0 Å². The lowest BCUT2D eigenvalue weighted by Gasteiger charge is -2.42. The summed E-state index contributed by atoms with van der Waals surface area (Å²) in [7, 11) is 2.08. The molecule has 0 radical (unpaired) electrons. The van der Waals surface area contributed by atoms with Gasteiger partial charge in [0.25, 0.3) is 5.91 Å². The summed E-state index contributed by atoms with van der Waals surface area (Å²) in [5.41, 5.74) is 11.5. The maximum absolute atomic E-state index is 12.5. The van der Waals surface area contributed by atoms with Crippen molar-refractivity contribution in [3.8, 4) is 0 Å². The molecule has 0 bridgehead atoms. The molecule has 0 aliphatic heterocycles. The highest BCUT2D eigenvalue weighted by atomic mass is 16.3. The number of aryl methyl sites for hydroxylation is 1. The Balaban J connectivity index is 1.62. The van der Waals surface area contributed by atoms with E-state index in [1.165, 1.54) is 35.1 Å². The SMILES string of the molecule is Cc1cc2c(cc1Cc1ccc(C(=O)NCCCN(C)CCCN)o1)C(C)(C)CCC2(C)C. The minimum atomic E-state index is -0.143. The van der Waals surface area contributed by atoms with Crippen LogP contribution in [0.15, 0.2) is 28.7 Å². The largest absolute Gasteiger partial charge is 0.456 e. The predicted octanol–water partition coefficient (Wildman–Crippen LogP) is 4.93. The molecular weight excluding hydrogens is 410 g/mol. The van der Waals surface area contributed by atoms with Crippen LogP contribution in [-0.2, 0) is 17.3 Å². The normalized spacial score (nSPS) is 16.6. The van der Waals surface area contributed by atoms with Crippen LogP contribution in [0, 0.1) is 6.92 Å². The Hall–Kier alpha value is -2.11. The van der Waals surface area contributed by atoms with Crippen LogP contribution in [0.1, 0.15) is 91.9 Å². The van der Waals surface area contributed by atoms with Crippen molar-refractivity contribution in [2.24, 2.45) is 5.73 Å². The molecule has 1 amide bonds. The van der Waals surface area contributed by atoms with Gasteiger partial charge in [-0.25, -0.2) is 0 Å². The van der Waals surface area contributed by atoms with E-state index in [0.29, 0.717) is 25.3 Å². The van der Waals surface area contributed by atoms with Gasteiger partial charge in [0.05, 0.1) is 0 Å². The van der Waals surface area contributed by atoms with Crippen molar-refractivity contribution in [1.29, 1.82) is 0 Å². The molecule has 0 unspecified atom stereocenters. The quantitative estimate of drug-likeness (QED) is 0.501. The van der Waals surface area contributed by atoms with Crippen molar-refractivity contribution in [3.63, 3.8) is 0 Å². The molecule has 1 aliphatic carbocycles. The number of rotatable bonds is 10. The van der Waals surface area contributed by atoms with Crippen LogP contribution < -0.4 is 11.1 Å². The van der Waals surface area contributed by atoms with E-state index in [2.05, 4.69) is 64.0 Å². The fraction of sp³-hybridized carbons (Fsp3) is 0.607. The first-order chi connectivity index (χ1) is 15.5. The summed E-state index contributed by atoms with van der Waals surface area (Å²) in [6.45, 7) is 14.9. The number of benzene rings is 1. The van der Waals surface area contributed by atoms with E-state index in [-0.39, 0.29) is 16.7 Å². The van der Waals surface area contributed by atoms with Gasteiger partial charge >= 0.3 is 0 Å². The minimum absolute atomic E-state index is 0.143. The first-order valence-corrected chi connectivity index (χ1v) is 12.4. The van der Waals surface area contributed by atoms with Gasteiger partial charge in [0.15, 0.2) is 5.76 Å². The highest BCUT2D eigenvalue weighted by Gasteiger charge is 2.37. The van der Waals surface area contributed by atoms with Gasteiger partial charge in [0, 0.05) is 13.0 Å². The van der Waals surface area contributed by atoms with Gasteiger partial charge in [-0.2, -0.15) is 0 Å². The van der Waals surface area contributed by atoms with Gasteiger partial charge in [-0.3, -0.25) is 4.79 Å². The number of carbonyl (C=O) groups excluding carboxylic acids is 1. The molecule has 2 aromatic rings. The van der Waals surface area contributed by atoms with E-state index >= 15 is 0 Å². The number of fused-ring (bicyclic) bond motifs is 1. The van der Waals surface area contributed by atoms with E-state index < -0.39 is 0 Å². The molecule has 0 spiro atoms. The summed E-state index contributed by atoms with van der Waals surface area (Å²) in [6.07, 6.45) is 5.02. The standard InChI is InChI=1S/C28H43N3O2/c1-20-17-23-24(28(4,5)12-11-27(23,2)3)19-21(20)18-22-9-10-25(33-22)26(32)30-14-8-16-31(6)15-7-13-29/h9-10,17,19H,7-8,11-16,18,29H2,1-6H3,(H,30,32). The summed E-state index contributed by atoms with van der Waals surface area (Å²) in [6, 6.07) is 8.49. The number of furan rings is 1. The van der Waals surface area contributed by atoms with E-state index in [1.54, 1.807) is 6.07 Å². The zero-order valence-corrected chi connectivity index (χ0v) is 21.5. The molecule has 0 atom stereocenters. The molecule has 182 valence electrons.